The number of benzene rings is 1. The van der Waals surface area contributed by atoms with E-state index >= 15 is 0 Å². The Morgan fingerprint density at radius 1 is 1.17 bits per heavy atom. The zero-order valence-electron chi connectivity index (χ0n) is 11.7. The molecule has 0 radical (unpaired) electrons. The van der Waals surface area contributed by atoms with Gasteiger partial charge in [0.25, 0.3) is 5.16 Å². The number of sulfone groups is 1. The third kappa shape index (κ3) is 2.17. The first-order chi connectivity index (χ1) is 10.9. The van der Waals surface area contributed by atoms with E-state index in [4.69, 9.17) is 0 Å². The maximum absolute atomic E-state index is 14.2. The molecule has 0 N–H and O–H groups in total. The van der Waals surface area contributed by atoms with Crippen molar-refractivity contribution in [2.75, 3.05) is 0 Å². The predicted molar refractivity (Wildman–Crippen MR) is 73.5 cm³/mol. The lowest BCUT2D eigenvalue weighted by Gasteiger charge is -2.12. The quantitative estimate of drug-likeness (QED) is 0.858. The van der Waals surface area contributed by atoms with Gasteiger partial charge in [-0.2, -0.15) is 4.98 Å². The summed E-state index contributed by atoms with van der Waals surface area (Å²) in [5, 5.41) is 2.11. The molecular formula is C14H12F3N3O2S. The fraction of sp³-hybridized carbons (Fsp3) is 0.429. The van der Waals surface area contributed by atoms with Crippen molar-refractivity contribution in [2.24, 2.45) is 0 Å². The van der Waals surface area contributed by atoms with Crippen molar-refractivity contribution < 1.29 is 21.6 Å². The third-order valence-electron chi connectivity index (χ3n) is 4.22. The standard InChI is InChI=1S/C14H12F3N3O2S/c15-8-4-2-1-3-7(8)11-5-10(17)13-18-14(19-20(11)13)23(21,22)12-6-9(12)16/h1-4,9-12H,5-6H2/t9-,10+,11+,12?/m1/s1. The molecule has 1 unspecified atom stereocenters. The molecule has 4 rings (SSSR count). The topological polar surface area (TPSA) is 64.8 Å². The Labute approximate surface area is 130 Å². The monoisotopic (exact) mass is 343 g/mol. The molecule has 0 amide bonds. The summed E-state index contributed by atoms with van der Waals surface area (Å²) in [6.45, 7) is 0. The van der Waals surface area contributed by atoms with E-state index in [1.807, 2.05) is 0 Å². The van der Waals surface area contributed by atoms with Crippen LogP contribution in [0.25, 0.3) is 0 Å². The van der Waals surface area contributed by atoms with E-state index in [-0.39, 0.29) is 24.2 Å². The molecule has 1 aromatic carbocycles. The van der Waals surface area contributed by atoms with Crippen LogP contribution in [0, 0.1) is 5.82 Å². The number of hydrogen-bond acceptors (Lipinski definition) is 4. The summed E-state index contributed by atoms with van der Waals surface area (Å²) in [5.41, 5.74) is 0.220. The number of rotatable bonds is 3. The van der Waals surface area contributed by atoms with Gasteiger partial charge < -0.3 is 0 Å². The number of aromatic nitrogens is 3. The molecule has 1 saturated carbocycles. The molecule has 1 aliphatic carbocycles. The normalized spacial score (nSPS) is 29.5. The van der Waals surface area contributed by atoms with Gasteiger partial charge >= 0.3 is 0 Å². The average molecular weight is 343 g/mol. The number of alkyl halides is 2. The summed E-state index contributed by atoms with van der Waals surface area (Å²) in [7, 11) is -4.01. The largest absolute Gasteiger partial charge is 0.267 e. The highest BCUT2D eigenvalue weighted by Gasteiger charge is 2.51. The van der Waals surface area contributed by atoms with Crippen molar-refractivity contribution in [3.8, 4) is 0 Å². The Morgan fingerprint density at radius 2 is 1.87 bits per heavy atom. The predicted octanol–water partition coefficient (Wildman–Crippen LogP) is 2.31. The summed E-state index contributed by atoms with van der Waals surface area (Å²) in [6, 6.07) is 5.09. The number of nitrogens with zero attached hydrogens (tertiary/aromatic N) is 3. The molecule has 2 heterocycles. The van der Waals surface area contributed by atoms with Crippen molar-refractivity contribution in [3.05, 3.63) is 41.5 Å². The van der Waals surface area contributed by atoms with Crippen LogP contribution in [0.15, 0.2) is 29.4 Å². The van der Waals surface area contributed by atoms with Crippen LogP contribution in [0.2, 0.25) is 0 Å². The van der Waals surface area contributed by atoms with Crippen molar-refractivity contribution in [1.82, 2.24) is 14.8 Å². The molecule has 4 atom stereocenters. The minimum Gasteiger partial charge on any atom is -0.246 e. The van der Waals surface area contributed by atoms with E-state index in [2.05, 4.69) is 10.1 Å². The Hall–Kier alpha value is -1.90. The molecule has 122 valence electrons. The van der Waals surface area contributed by atoms with Gasteiger partial charge in [0, 0.05) is 12.0 Å². The number of fused-ring (bicyclic) bond motifs is 1. The van der Waals surface area contributed by atoms with E-state index in [1.165, 1.54) is 18.2 Å². The van der Waals surface area contributed by atoms with Crippen molar-refractivity contribution in [2.45, 2.75) is 41.6 Å². The van der Waals surface area contributed by atoms with Gasteiger partial charge in [-0.1, -0.05) is 18.2 Å². The van der Waals surface area contributed by atoms with Crippen LogP contribution in [0.1, 0.15) is 36.4 Å². The molecule has 0 spiro atoms. The van der Waals surface area contributed by atoms with Crippen LogP contribution in [0.4, 0.5) is 13.2 Å². The molecule has 1 aromatic heterocycles. The second kappa shape index (κ2) is 4.80. The van der Waals surface area contributed by atoms with Crippen molar-refractivity contribution in [3.63, 3.8) is 0 Å². The maximum atomic E-state index is 14.2. The second-order valence-corrected chi connectivity index (χ2v) is 7.83. The molecule has 0 bridgehead atoms. The Morgan fingerprint density at radius 3 is 2.52 bits per heavy atom. The minimum absolute atomic E-state index is 0.0637. The molecule has 2 aromatic rings. The summed E-state index contributed by atoms with van der Waals surface area (Å²) in [5.74, 6) is -0.684. The Balaban J connectivity index is 1.77. The van der Waals surface area contributed by atoms with E-state index in [0.717, 1.165) is 4.68 Å². The van der Waals surface area contributed by atoms with E-state index in [9.17, 15) is 21.6 Å². The first-order valence-corrected chi connectivity index (χ1v) is 8.67. The highest BCUT2D eigenvalue weighted by molar-refractivity contribution is 7.92. The molecule has 0 saturated heterocycles. The first kappa shape index (κ1) is 14.7. The Bertz CT molecular complexity index is 883. The van der Waals surface area contributed by atoms with Gasteiger partial charge in [-0.3, -0.25) is 0 Å². The summed E-state index contributed by atoms with van der Waals surface area (Å²) < 4.78 is 66.6. The summed E-state index contributed by atoms with van der Waals surface area (Å²) >= 11 is 0. The van der Waals surface area contributed by atoms with Crippen LogP contribution < -0.4 is 0 Å². The lowest BCUT2D eigenvalue weighted by molar-refractivity contribution is 0.325. The molecule has 1 fully saturated rings. The van der Waals surface area contributed by atoms with Crippen molar-refractivity contribution >= 4 is 9.84 Å². The first-order valence-electron chi connectivity index (χ1n) is 7.12. The van der Waals surface area contributed by atoms with Gasteiger partial charge in [-0.05, 0) is 12.5 Å². The van der Waals surface area contributed by atoms with Gasteiger partial charge in [-0.25, -0.2) is 26.3 Å². The van der Waals surface area contributed by atoms with Crippen LogP contribution in [-0.2, 0) is 9.84 Å². The molecule has 5 nitrogen and oxygen atoms in total. The lowest BCUT2D eigenvalue weighted by atomic mass is 10.0. The lowest BCUT2D eigenvalue weighted by Crippen LogP contribution is -2.14. The molecule has 23 heavy (non-hydrogen) atoms. The van der Waals surface area contributed by atoms with E-state index in [1.54, 1.807) is 6.07 Å². The highest BCUT2D eigenvalue weighted by atomic mass is 32.2. The smallest absolute Gasteiger partial charge is 0.246 e. The van der Waals surface area contributed by atoms with Gasteiger partial charge in [-0.15, -0.1) is 5.10 Å². The van der Waals surface area contributed by atoms with Crippen LogP contribution in [0.5, 0.6) is 0 Å². The van der Waals surface area contributed by atoms with Crippen molar-refractivity contribution in [1.29, 1.82) is 0 Å². The zero-order valence-corrected chi connectivity index (χ0v) is 12.5. The van der Waals surface area contributed by atoms with Gasteiger partial charge in [0.05, 0.1) is 6.04 Å². The highest BCUT2D eigenvalue weighted by Crippen LogP contribution is 2.42. The third-order valence-corrected chi connectivity index (χ3v) is 6.19. The number of hydrogen-bond donors (Lipinski definition) is 0. The summed E-state index contributed by atoms with van der Waals surface area (Å²) in [6.07, 6.45) is -3.13. The molecular weight excluding hydrogens is 331 g/mol. The van der Waals surface area contributed by atoms with Gasteiger partial charge in [0.1, 0.15) is 17.2 Å². The fourth-order valence-electron chi connectivity index (χ4n) is 2.88. The van der Waals surface area contributed by atoms with E-state index in [0.29, 0.717) is 0 Å². The fourth-order valence-corrected chi connectivity index (χ4v) is 4.40. The van der Waals surface area contributed by atoms with Crippen LogP contribution in [-0.4, -0.2) is 34.6 Å². The summed E-state index contributed by atoms with van der Waals surface area (Å²) in [4.78, 5) is 3.74. The van der Waals surface area contributed by atoms with Gasteiger partial charge in [0.2, 0.25) is 9.84 Å². The average Bonchev–Trinajstić information content (AvgIpc) is 2.96. The Kier molecular flexibility index (Phi) is 3.06. The van der Waals surface area contributed by atoms with E-state index < -0.39 is 44.4 Å². The van der Waals surface area contributed by atoms with Gasteiger partial charge in [0.15, 0.2) is 12.0 Å². The maximum Gasteiger partial charge on any atom is 0.267 e. The molecule has 2 aliphatic rings. The van der Waals surface area contributed by atoms with Crippen LogP contribution >= 0.6 is 0 Å². The molecule has 9 heteroatoms. The SMILES string of the molecule is O=S(=O)(c1nc2n(n1)[C@H](c1ccccc1F)C[C@@H]2F)C1C[C@H]1F. The molecule has 1 aliphatic heterocycles. The second-order valence-electron chi connectivity index (χ2n) is 5.77. The number of halogens is 3. The minimum atomic E-state index is -4.01. The van der Waals surface area contributed by atoms with Crippen LogP contribution in [0.3, 0.4) is 0 Å². The zero-order chi connectivity index (χ0) is 16.4.